The van der Waals surface area contributed by atoms with Crippen molar-refractivity contribution in [3.05, 3.63) is 0 Å². The predicted octanol–water partition coefficient (Wildman–Crippen LogP) is 0.232. The van der Waals surface area contributed by atoms with Crippen molar-refractivity contribution in [3.63, 3.8) is 0 Å². The van der Waals surface area contributed by atoms with Crippen molar-refractivity contribution in [2.75, 3.05) is 12.4 Å². The van der Waals surface area contributed by atoms with E-state index in [1.807, 2.05) is 13.8 Å². The first-order valence-electron chi connectivity index (χ1n) is 5.82. The molecule has 1 atom stereocenters. The minimum absolute atomic E-state index is 0.206. The fraction of sp³-hybridized carbons (Fsp3) is 0.800. The zero-order valence-corrected chi connectivity index (χ0v) is 11.9. The highest BCUT2D eigenvalue weighted by atomic mass is 32.2. The summed E-state index contributed by atoms with van der Waals surface area (Å²) in [6.07, 6.45) is 0. The molecule has 0 saturated heterocycles. The first kappa shape index (κ1) is 14.9. The third-order valence-corrected chi connectivity index (χ3v) is 3.17. The fourth-order valence-electron chi connectivity index (χ4n) is 1.33. The molecule has 0 aliphatic heterocycles. The summed E-state index contributed by atoms with van der Waals surface area (Å²) in [4.78, 5) is 11.8. The Bertz CT molecular complexity index is 382. The maximum Gasteiger partial charge on any atom is 0.324 e. The quantitative estimate of drug-likeness (QED) is 0.562. The van der Waals surface area contributed by atoms with Gasteiger partial charge in [-0.05, 0) is 17.4 Å². The van der Waals surface area contributed by atoms with Crippen LogP contribution in [0.2, 0.25) is 0 Å². The maximum absolute atomic E-state index is 11.8. The van der Waals surface area contributed by atoms with E-state index < -0.39 is 0 Å². The van der Waals surface area contributed by atoms with Gasteiger partial charge in [-0.15, -0.1) is 5.10 Å². The first-order valence-corrected chi connectivity index (χ1v) is 6.81. The molecule has 1 unspecified atom stereocenters. The van der Waals surface area contributed by atoms with Crippen molar-refractivity contribution >= 4 is 17.7 Å². The Hall–Kier alpha value is -1.15. The van der Waals surface area contributed by atoms with Gasteiger partial charge in [0.1, 0.15) is 6.04 Å². The summed E-state index contributed by atoms with van der Waals surface area (Å²) in [6, 6.07) is -0.149. The van der Waals surface area contributed by atoms with Gasteiger partial charge in [0.2, 0.25) is 5.16 Å². The highest BCUT2D eigenvalue weighted by Crippen LogP contribution is 2.14. The average molecular weight is 273 g/mol. The molecule has 0 fully saturated rings. The highest BCUT2D eigenvalue weighted by Gasteiger charge is 2.21. The Balaban J connectivity index is 2.55. The minimum atomic E-state index is -0.355. The molecule has 1 N–H and O–H groups in total. The number of rotatable bonds is 7. The monoisotopic (exact) mass is 273 g/mol. The molecule has 0 aliphatic rings. The van der Waals surface area contributed by atoms with E-state index in [0.29, 0.717) is 17.5 Å². The van der Waals surface area contributed by atoms with Gasteiger partial charge in [0, 0.05) is 18.8 Å². The number of esters is 1. The molecule has 0 saturated carbocycles. The summed E-state index contributed by atoms with van der Waals surface area (Å²) in [5, 5.41) is 15.0. The van der Waals surface area contributed by atoms with Crippen LogP contribution in [0, 0.1) is 0 Å². The van der Waals surface area contributed by atoms with Crippen molar-refractivity contribution in [3.8, 4) is 0 Å². The van der Waals surface area contributed by atoms with Gasteiger partial charge in [0.25, 0.3) is 0 Å². The second kappa shape index (κ2) is 7.32. The van der Waals surface area contributed by atoms with Crippen LogP contribution in [0.25, 0.3) is 0 Å². The van der Waals surface area contributed by atoms with Crippen LogP contribution >= 0.6 is 11.8 Å². The summed E-state index contributed by atoms with van der Waals surface area (Å²) in [7, 11) is 1.76. The van der Waals surface area contributed by atoms with Crippen LogP contribution in [-0.4, -0.2) is 50.6 Å². The third-order valence-electron chi connectivity index (χ3n) is 2.07. The molecule has 8 heteroatoms. The molecule has 1 aromatic rings. The smallest absolute Gasteiger partial charge is 0.324 e. The van der Waals surface area contributed by atoms with E-state index in [4.69, 9.17) is 4.74 Å². The van der Waals surface area contributed by atoms with Gasteiger partial charge in [-0.25, -0.2) is 4.68 Å². The van der Waals surface area contributed by atoms with Crippen LogP contribution in [0.4, 0.5) is 0 Å². The van der Waals surface area contributed by atoms with Gasteiger partial charge in [-0.1, -0.05) is 25.6 Å². The molecule has 0 amide bonds. The van der Waals surface area contributed by atoms with Crippen molar-refractivity contribution in [2.24, 2.45) is 7.05 Å². The Kier molecular flexibility index (Phi) is 6.06. The lowest BCUT2D eigenvalue weighted by Gasteiger charge is -2.18. The summed E-state index contributed by atoms with van der Waals surface area (Å²) in [6.45, 7) is 6.15. The van der Waals surface area contributed by atoms with Crippen LogP contribution in [0.3, 0.4) is 0 Å². The van der Waals surface area contributed by atoms with Crippen molar-refractivity contribution < 1.29 is 9.53 Å². The second-order valence-electron chi connectivity index (χ2n) is 4.02. The van der Waals surface area contributed by atoms with E-state index in [1.165, 1.54) is 11.8 Å². The van der Waals surface area contributed by atoms with Gasteiger partial charge in [-0.2, -0.15) is 0 Å². The van der Waals surface area contributed by atoms with Crippen LogP contribution in [0.15, 0.2) is 5.16 Å². The summed E-state index contributed by atoms with van der Waals surface area (Å²) >= 11 is 1.42. The molecule has 7 nitrogen and oxygen atoms in total. The number of hydrogen-bond donors (Lipinski definition) is 1. The largest absolute Gasteiger partial charge is 0.465 e. The SMILES string of the molecule is CCOC(=O)C(CSc1nnnn1C)NC(C)C. The molecule has 102 valence electrons. The lowest BCUT2D eigenvalue weighted by Crippen LogP contribution is -2.43. The Morgan fingerprint density at radius 1 is 1.56 bits per heavy atom. The number of nitrogens with one attached hydrogen (secondary N) is 1. The molecule has 0 aliphatic carbocycles. The summed E-state index contributed by atoms with van der Waals surface area (Å²) in [5.74, 6) is 0.291. The lowest BCUT2D eigenvalue weighted by molar-refractivity contribution is -0.145. The van der Waals surface area contributed by atoms with E-state index in [0.717, 1.165) is 0 Å². The van der Waals surface area contributed by atoms with Crippen molar-refractivity contribution in [2.45, 2.75) is 38.0 Å². The molecule has 0 spiro atoms. The van der Waals surface area contributed by atoms with Crippen molar-refractivity contribution in [1.82, 2.24) is 25.5 Å². The van der Waals surface area contributed by atoms with Crippen LogP contribution in [0.1, 0.15) is 20.8 Å². The maximum atomic E-state index is 11.8. The molecular weight excluding hydrogens is 254 g/mol. The highest BCUT2D eigenvalue weighted by molar-refractivity contribution is 7.99. The second-order valence-corrected chi connectivity index (χ2v) is 5.01. The number of hydrogen-bond acceptors (Lipinski definition) is 7. The number of carbonyl (C=O) groups is 1. The molecule has 1 heterocycles. The molecular formula is C10H19N5O2S. The van der Waals surface area contributed by atoms with Gasteiger partial charge < -0.3 is 10.1 Å². The number of thioether (sulfide) groups is 1. The summed E-state index contributed by atoms with van der Waals surface area (Å²) < 4.78 is 6.60. The Morgan fingerprint density at radius 3 is 2.78 bits per heavy atom. The van der Waals surface area contributed by atoms with Gasteiger partial charge in [-0.3, -0.25) is 4.79 Å². The Morgan fingerprint density at radius 2 is 2.28 bits per heavy atom. The standard InChI is InChI=1S/C10H19N5O2S/c1-5-17-9(16)8(11-7(2)3)6-18-10-12-13-14-15(10)4/h7-8,11H,5-6H2,1-4H3. The topological polar surface area (TPSA) is 81.9 Å². The lowest BCUT2D eigenvalue weighted by atomic mass is 10.3. The van der Waals surface area contributed by atoms with E-state index in [1.54, 1.807) is 18.7 Å². The normalized spacial score (nSPS) is 12.7. The van der Waals surface area contributed by atoms with E-state index in [-0.39, 0.29) is 18.1 Å². The van der Waals surface area contributed by atoms with Gasteiger partial charge in [0.05, 0.1) is 6.61 Å². The van der Waals surface area contributed by atoms with Crippen LogP contribution < -0.4 is 5.32 Å². The number of aromatic nitrogens is 4. The Labute approximate surface area is 111 Å². The van der Waals surface area contributed by atoms with Crippen LogP contribution in [0.5, 0.6) is 0 Å². The third kappa shape index (κ3) is 4.61. The minimum Gasteiger partial charge on any atom is -0.465 e. The zero-order valence-electron chi connectivity index (χ0n) is 11.1. The zero-order chi connectivity index (χ0) is 13.5. The van der Waals surface area contributed by atoms with Crippen molar-refractivity contribution in [1.29, 1.82) is 0 Å². The van der Waals surface area contributed by atoms with Crippen LogP contribution in [-0.2, 0) is 16.6 Å². The number of nitrogens with zero attached hydrogens (tertiary/aromatic N) is 4. The average Bonchev–Trinajstić information content (AvgIpc) is 2.70. The van der Waals surface area contributed by atoms with Gasteiger partial charge in [0.15, 0.2) is 0 Å². The molecule has 0 bridgehead atoms. The molecule has 0 aromatic carbocycles. The van der Waals surface area contributed by atoms with E-state index in [9.17, 15) is 4.79 Å². The molecule has 1 rings (SSSR count). The van der Waals surface area contributed by atoms with E-state index in [2.05, 4.69) is 20.8 Å². The molecule has 0 radical (unpaired) electrons. The summed E-state index contributed by atoms with van der Waals surface area (Å²) in [5.41, 5.74) is 0. The predicted molar refractivity (Wildman–Crippen MR) is 68.2 cm³/mol. The number of ether oxygens (including phenoxy) is 1. The van der Waals surface area contributed by atoms with E-state index >= 15 is 0 Å². The molecule has 1 aromatic heterocycles. The molecule has 18 heavy (non-hydrogen) atoms. The first-order chi connectivity index (χ1) is 8.54. The fourth-order valence-corrected chi connectivity index (χ4v) is 2.20. The number of tetrazole rings is 1. The number of carbonyl (C=O) groups excluding carboxylic acids is 1. The van der Waals surface area contributed by atoms with Gasteiger partial charge >= 0.3 is 5.97 Å². The number of aryl methyl sites for hydroxylation is 1.